The van der Waals surface area contributed by atoms with Crippen LogP contribution in [0.15, 0.2) is 54.7 Å². The fourth-order valence-electron chi connectivity index (χ4n) is 3.23. The number of anilines is 2. The van der Waals surface area contributed by atoms with E-state index in [1.165, 1.54) is 0 Å². The van der Waals surface area contributed by atoms with Gasteiger partial charge < -0.3 is 21.7 Å². The average Bonchev–Trinajstić information content (AvgIpc) is 3.10. The molecule has 1 saturated heterocycles. The fraction of sp³-hybridized carbons (Fsp3) is 0.143. The third-order valence-corrected chi connectivity index (χ3v) is 5.68. The van der Waals surface area contributed by atoms with Crippen LogP contribution in [0.3, 0.4) is 0 Å². The Kier molecular flexibility index (Phi) is 5.77. The minimum Gasteiger partial charge on any atom is -0.402 e. The first-order chi connectivity index (χ1) is 15.2. The van der Waals surface area contributed by atoms with Gasteiger partial charge in [0.1, 0.15) is 5.69 Å². The Hall–Kier alpha value is -3.56. The van der Waals surface area contributed by atoms with Crippen LogP contribution in [0.4, 0.5) is 11.5 Å². The summed E-state index contributed by atoms with van der Waals surface area (Å²) in [5.41, 5.74) is 13.1. The zero-order valence-corrected chi connectivity index (χ0v) is 18.3. The van der Waals surface area contributed by atoms with Gasteiger partial charge in [0.15, 0.2) is 11.5 Å². The van der Waals surface area contributed by atoms with Crippen molar-refractivity contribution in [2.75, 3.05) is 18.4 Å². The molecule has 32 heavy (non-hydrogen) atoms. The Morgan fingerprint density at radius 2 is 1.66 bits per heavy atom. The van der Waals surface area contributed by atoms with Crippen LogP contribution in [-0.2, 0) is 0 Å². The number of para-hydroxylation sites is 1. The summed E-state index contributed by atoms with van der Waals surface area (Å²) in [4.78, 5) is 27.3. The second kappa shape index (κ2) is 8.52. The van der Waals surface area contributed by atoms with E-state index in [0.717, 1.165) is 4.80 Å². The molecule has 2 heterocycles. The fourth-order valence-corrected chi connectivity index (χ4v) is 3.78. The highest BCUT2D eigenvalue weighted by Crippen LogP contribution is 2.29. The standard InChI is InChI=1S/C21H19Cl2N7O2/c1-11(24)13-9-29(10-13)21(32)12-5-7-14(8-6-12)26-20-17(19(25)31)27-30(28-20)18-15(22)3-2-4-16(18)23/h2-8,13H,1,9-10,24H2,(H2,25,31)(H,26,28). The lowest BCUT2D eigenvalue weighted by Crippen LogP contribution is -2.51. The summed E-state index contributed by atoms with van der Waals surface area (Å²) in [7, 11) is 0. The molecule has 0 bridgehead atoms. The minimum absolute atomic E-state index is 0.0882. The van der Waals surface area contributed by atoms with E-state index in [-0.39, 0.29) is 23.3 Å². The van der Waals surface area contributed by atoms with Crippen molar-refractivity contribution < 1.29 is 9.59 Å². The van der Waals surface area contributed by atoms with Crippen molar-refractivity contribution in [3.05, 3.63) is 76.0 Å². The quantitative estimate of drug-likeness (QED) is 0.506. The number of likely N-dealkylation sites (tertiary alicyclic amines) is 1. The van der Waals surface area contributed by atoms with E-state index in [4.69, 9.17) is 34.7 Å². The summed E-state index contributed by atoms with van der Waals surface area (Å²) in [5, 5.41) is 12.0. The van der Waals surface area contributed by atoms with Gasteiger partial charge in [0.25, 0.3) is 11.8 Å². The number of carbonyl (C=O) groups is 2. The Labute approximate surface area is 193 Å². The molecule has 2 aromatic carbocycles. The van der Waals surface area contributed by atoms with Gasteiger partial charge >= 0.3 is 0 Å². The predicted octanol–water partition coefficient (Wildman–Crippen LogP) is 2.96. The second-order valence-electron chi connectivity index (χ2n) is 7.31. The second-order valence-corrected chi connectivity index (χ2v) is 8.12. The maximum Gasteiger partial charge on any atom is 0.273 e. The lowest BCUT2D eigenvalue weighted by molar-refractivity contribution is 0.0553. The Balaban J connectivity index is 1.54. The molecule has 2 amide bonds. The molecule has 0 aliphatic carbocycles. The summed E-state index contributed by atoms with van der Waals surface area (Å²) in [6, 6.07) is 11.7. The molecule has 4 rings (SSSR count). The van der Waals surface area contributed by atoms with E-state index in [2.05, 4.69) is 22.1 Å². The number of nitrogens with one attached hydrogen (secondary N) is 1. The molecule has 1 aliphatic rings. The third kappa shape index (κ3) is 4.12. The normalized spacial score (nSPS) is 13.5. The van der Waals surface area contributed by atoms with Gasteiger partial charge in [0.05, 0.1) is 10.0 Å². The first kappa shape index (κ1) is 21.7. The molecule has 11 heteroatoms. The van der Waals surface area contributed by atoms with Crippen molar-refractivity contribution >= 4 is 46.5 Å². The van der Waals surface area contributed by atoms with Crippen molar-refractivity contribution in [3.63, 3.8) is 0 Å². The number of hydrogen-bond donors (Lipinski definition) is 3. The predicted molar refractivity (Wildman–Crippen MR) is 122 cm³/mol. The van der Waals surface area contributed by atoms with Crippen LogP contribution >= 0.6 is 23.2 Å². The van der Waals surface area contributed by atoms with Crippen molar-refractivity contribution in [1.29, 1.82) is 0 Å². The highest BCUT2D eigenvalue weighted by Gasteiger charge is 2.32. The molecule has 164 valence electrons. The highest BCUT2D eigenvalue weighted by molar-refractivity contribution is 6.37. The van der Waals surface area contributed by atoms with Gasteiger partial charge in [-0.2, -0.15) is 0 Å². The number of carbonyl (C=O) groups excluding carboxylic acids is 2. The number of aromatic nitrogens is 3. The highest BCUT2D eigenvalue weighted by atomic mass is 35.5. The number of nitrogens with two attached hydrogens (primary N) is 2. The lowest BCUT2D eigenvalue weighted by Gasteiger charge is -2.39. The average molecular weight is 472 g/mol. The van der Waals surface area contributed by atoms with Gasteiger partial charge in [-0.3, -0.25) is 9.59 Å². The lowest BCUT2D eigenvalue weighted by atomic mass is 9.96. The van der Waals surface area contributed by atoms with Crippen molar-refractivity contribution in [2.24, 2.45) is 17.4 Å². The summed E-state index contributed by atoms with van der Waals surface area (Å²) in [6.45, 7) is 4.84. The van der Waals surface area contributed by atoms with Gasteiger partial charge in [-0.15, -0.1) is 15.0 Å². The van der Waals surface area contributed by atoms with Gasteiger partial charge in [-0.1, -0.05) is 35.8 Å². The zero-order valence-electron chi connectivity index (χ0n) is 16.8. The first-order valence-corrected chi connectivity index (χ1v) is 10.3. The molecule has 0 atom stereocenters. The topological polar surface area (TPSA) is 132 Å². The number of benzene rings is 2. The van der Waals surface area contributed by atoms with E-state index >= 15 is 0 Å². The molecule has 1 aliphatic heterocycles. The molecular weight excluding hydrogens is 453 g/mol. The number of nitrogens with zero attached hydrogens (tertiary/aromatic N) is 4. The van der Waals surface area contributed by atoms with Crippen molar-refractivity contribution in [1.82, 2.24) is 19.9 Å². The molecule has 5 N–H and O–H groups in total. The number of primary amides is 1. The first-order valence-electron chi connectivity index (χ1n) is 9.56. The summed E-state index contributed by atoms with van der Waals surface area (Å²) in [5.74, 6) is -0.602. The third-order valence-electron chi connectivity index (χ3n) is 5.07. The van der Waals surface area contributed by atoms with E-state index < -0.39 is 5.91 Å². The molecule has 9 nitrogen and oxygen atoms in total. The van der Waals surface area contributed by atoms with E-state index in [0.29, 0.717) is 45.8 Å². The number of hydrogen-bond acceptors (Lipinski definition) is 6. The zero-order chi connectivity index (χ0) is 23.0. The van der Waals surface area contributed by atoms with E-state index in [1.54, 1.807) is 47.4 Å². The molecule has 3 aromatic rings. The van der Waals surface area contributed by atoms with Crippen LogP contribution in [0.5, 0.6) is 0 Å². The number of halogens is 2. The Bertz CT molecular complexity index is 1200. The van der Waals surface area contributed by atoms with Gasteiger partial charge in [-0.05, 0) is 36.4 Å². The van der Waals surface area contributed by atoms with Crippen LogP contribution in [0.1, 0.15) is 20.8 Å². The number of rotatable bonds is 6. The van der Waals surface area contributed by atoms with Crippen molar-refractivity contribution in [3.8, 4) is 5.69 Å². The molecule has 0 spiro atoms. The van der Waals surface area contributed by atoms with E-state index in [9.17, 15) is 9.59 Å². The van der Waals surface area contributed by atoms with E-state index in [1.807, 2.05) is 0 Å². The summed E-state index contributed by atoms with van der Waals surface area (Å²) >= 11 is 12.4. The summed E-state index contributed by atoms with van der Waals surface area (Å²) in [6.07, 6.45) is 0. The number of amides is 2. The Morgan fingerprint density at radius 1 is 1.03 bits per heavy atom. The molecule has 1 aromatic heterocycles. The Morgan fingerprint density at radius 3 is 2.22 bits per heavy atom. The van der Waals surface area contributed by atoms with Crippen LogP contribution in [-0.4, -0.2) is 44.8 Å². The molecule has 0 unspecified atom stereocenters. The van der Waals surface area contributed by atoms with Crippen LogP contribution in [0, 0.1) is 5.92 Å². The summed E-state index contributed by atoms with van der Waals surface area (Å²) < 4.78 is 0. The van der Waals surface area contributed by atoms with Crippen molar-refractivity contribution in [2.45, 2.75) is 0 Å². The van der Waals surface area contributed by atoms with Crippen LogP contribution in [0.2, 0.25) is 10.0 Å². The smallest absolute Gasteiger partial charge is 0.273 e. The van der Waals surface area contributed by atoms with Crippen LogP contribution < -0.4 is 16.8 Å². The van der Waals surface area contributed by atoms with Gasteiger partial charge in [0, 0.05) is 36.0 Å². The monoisotopic (exact) mass is 471 g/mol. The maximum absolute atomic E-state index is 12.6. The molecule has 0 radical (unpaired) electrons. The molecule has 0 saturated carbocycles. The maximum atomic E-state index is 12.6. The molecular formula is C21H19Cl2N7O2. The largest absolute Gasteiger partial charge is 0.402 e. The van der Waals surface area contributed by atoms with Crippen LogP contribution in [0.25, 0.3) is 5.69 Å². The van der Waals surface area contributed by atoms with Gasteiger partial charge in [-0.25, -0.2) is 0 Å². The minimum atomic E-state index is -0.775. The molecule has 1 fully saturated rings. The van der Waals surface area contributed by atoms with Gasteiger partial charge in [0.2, 0.25) is 0 Å². The SMILES string of the molecule is C=C(N)C1CN(C(=O)c2ccc(Nc3nn(-c4c(Cl)cccc4Cl)nc3C(N)=O)cc2)C1.